The monoisotopic (exact) mass is 311 g/mol. The third kappa shape index (κ3) is 4.02. The lowest BCUT2D eigenvalue weighted by atomic mass is 10.1. The number of hydrogen-bond donors (Lipinski definition) is 2. The Hall–Kier alpha value is -2.07. The Labute approximate surface area is 137 Å². The number of amides is 1. The molecule has 1 aliphatic rings. The smallest absolute Gasteiger partial charge is 0.251 e. The molecule has 3 rings (SSSR count). The van der Waals surface area contributed by atoms with Crippen LogP contribution in [0.4, 0.5) is 5.69 Å². The highest BCUT2D eigenvalue weighted by molar-refractivity contribution is 5.99. The fourth-order valence-electron chi connectivity index (χ4n) is 3.14. The maximum absolute atomic E-state index is 12.3. The van der Waals surface area contributed by atoms with Crippen LogP contribution in [0.2, 0.25) is 0 Å². The quantitative estimate of drug-likeness (QED) is 0.861. The summed E-state index contributed by atoms with van der Waals surface area (Å²) in [7, 11) is 0. The number of fused-ring (bicyclic) bond motifs is 1. The molecule has 1 amide bonds. The Morgan fingerprint density at radius 3 is 2.61 bits per heavy atom. The zero-order valence-electron chi connectivity index (χ0n) is 13.8. The molecule has 1 saturated heterocycles. The van der Waals surface area contributed by atoms with Gasteiger partial charge in [-0.25, -0.2) is 0 Å². The maximum Gasteiger partial charge on any atom is 0.251 e. The van der Waals surface area contributed by atoms with Crippen molar-refractivity contribution in [2.75, 3.05) is 38.0 Å². The van der Waals surface area contributed by atoms with Gasteiger partial charge in [0, 0.05) is 30.9 Å². The highest BCUT2D eigenvalue weighted by atomic mass is 16.1. The molecule has 23 heavy (non-hydrogen) atoms. The second kappa shape index (κ2) is 7.47. The van der Waals surface area contributed by atoms with Gasteiger partial charge in [0.05, 0.1) is 0 Å². The van der Waals surface area contributed by atoms with Crippen LogP contribution in [-0.2, 0) is 0 Å². The van der Waals surface area contributed by atoms with Crippen molar-refractivity contribution in [2.24, 2.45) is 0 Å². The summed E-state index contributed by atoms with van der Waals surface area (Å²) in [5, 5.41) is 8.58. The number of carbonyl (C=O) groups is 1. The zero-order valence-corrected chi connectivity index (χ0v) is 13.8. The molecule has 122 valence electrons. The normalized spacial score (nSPS) is 15.0. The first-order chi connectivity index (χ1) is 11.3. The van der Waals surface area contributed by atoms with Crippen LogP contribution < -0.4 is 10.6 Å². The Kier molecular flexibility index (Phi) is 5.13. The first-order valence-electron chi connectivity index (χ1n) is 8.54. The van der Waals surface area contributed by atoms with Crippen molar-refractivity contribution >= 4 is 22.4 Å². The minimum absolute atomic E-state index is 0.0156. The van der Waals surface area contributed by atoms with Crippen LogP contribution >= 0.6 is 0 Å². The molecule has 0 saturated carbocycles. The summed E-state index contributed by atoms with van der Waals surface area (Å²) in [6.07, 6.45) is 2.57. The number of rotatable bonds is 6. The molecule has 1 aliphatic heterocycles. The number of hydrogen-bond acceptors (Lipinski definition) is 3. The first kappa shape index (κ1) is 15.8. The molecule has 0 bridgehead atoms. The van der Waals surface area contributed by atoms with E-state index in [-0.39, 0.29) is 5.91 Å². The highest BCUT2D eigenvalue weighted by Crippen LogP contribution is 2.20. The summed E-state index contributed by atoms with van der Waals surface area (Å²) in [5.74, 6) is 0.0156. The van der Waals surface area contributed by atoms with Crippen molar-refractivity contribution in [3.05, 3.63) is 42.0 Å². The lowest BCUT2D eigenvalue weighted by Crippen LogP contribution is -2.33. The second-order valence-electron chi connectivity index (χ2n) is 6.11. The van der Waals surface area contributed by atoms with Gasteiger partial charge in [0.15, 0.2) is 0 Å². The first-order valence-corrected chi connectivity index (χ1v) is 8.54. The number of anilines is 1. The molecule has 0 aromatic heterocycles. The molecule has 2 aromatic carbocycles. The van der Waals surface area contributed by atoms with Crippen molar-refractivity contribution in [3.63, 3.8) is 0 Å². The number of carbonyl (C=O) groups excluding carboxylic acids is 1. The van der Waals surface area contributed by atoms with Gasteiger partial charge in [-0.15, -0.1) is 0 Å². The van der Waals surface area contributed by atoms with Crippen LogP contribution in [0.5, 0.6) is 0 Å². The summed E-state index contributed by atoms with van der Waals surface area (Å²) in [6, 6.07) is 12.1. The van der Waals surface area contributed by atoms with Crippen LogP contribution in [0.25, 0.3) is 10.8 Å². The van der Waals surface area contributed by atoms with E-state index >= 15 is 0 Å². The summed E-state index contributed by atoms with van der Waals surface area (Å²) < 4.78 is 0. The molecule has 1 heterocycles. The topological polar surface area (TPSA) is 44.4 Å². The highest BCUT2D eigenvalue weighted by Gasteiger charge is 2.12. The van der Waals surface area contributed by atoms with Gasteiger partial charge in [-0.2, -0.15) is 0 Å². The van der Waals surface area contributed by atoms with Crippen LogP contribution in [-0.4, -0.2) is 43.5 Å². The van der Waals surface area contributed by atoms with E-state index in [9.17, 15) is 4.79 Å². The van der Waals surface area contributed by atoms with Gasteiger partial charge in [-0.3, -0.25) is 4.79 Å². The van der Waals surface area contributed by atoms with E-state index in [2.05, 4.69) is 40.7 Å². The van der Waals surface area contributed by atoms with Crippen LogP contribution in [0.15, 0.2) is 36.4 Å². The van der Waals surface area contributed by atoms with E-state index in [4.69, 9.17) is 0 Å². The fraction of sp³-hybridized carbons (Fsp3) is 0.421. The number of benzene rings is 2. The zero-order chi connectivity index (χ0) is 16.1. The molecule has 4 heteroatoms. The summed E-state index contributed by atoms with van der Waals surface area (Å²) >= 11 is 0. The molecule has 2 aromatic rings. The van der Waals surface area contributed by atoms with Gasteiger partial charge in [-0.1, -0.05) is 12.1 Å². The Morgan fingerprint density at radius 2 is 1.83 bits per heavy atom. The van der Waals surface area contributed by atoms with Crippen LogP contribution in [0.3, 0.4) is 0 Å². The van der Waals surface area contributed by atoms with Gasteiger partial charge >= 0.3 is 0 Å². The molecule has 0 spiro atoms. The van der Waals surface area contributed by atoms with Crippen molar-refractivity contribution < 1.29 is 4.79 Å². The van der Waals surface area contributed by atoms with Crippen LogP contribution in [0, 0.1) is 0 Å². The number of likely N-dealkylation sites (tertiary alicyclic amines) is 1. The molecule has 0 atom stereocenters. The molecular formula is C19H25N3O. The van der Waals surface area contributed by atoms with Crippen molar-refractivity contribution in [2.45, 2.75) is 19.8 Å². The lowest BCUT2D eigenvalue weighted by molar-refractivity contribution is 0.0950. The van der Waals surface area contributed by atoms with E-state index in [0.29, 0.717) is 0 Å². The molecule has 0 aliphatic carbocycles. The van der Waals surface area contributed by atoms with Crippen LogP contribution in [0.1, 0.15) is 30.1 Å². The van der Waals surface area contributed by atoms with E-state index in [0.717, 1.165) is 41.7 Å². The molecular weight excluding hydrogens is 286 g/mol. The number of nitrogens with one attached hydrogen (secondary N) is 2. The van der Waals surface area contributed by atoms with Crippen molar-refractivity contribution in [3.8, 4) is 0 Å². The minimum Gasteiger partial charge on any atom is -0.385 e. The third-order valence-electron chi connectivity index (χ3n) is 4.40. The minimum atomic E-state index is 0.0156. The van der Waals surface area contributed by atoms with E-state index in [1.165, 1.54) is 25.9 Å². The van der Waals surface area contributed by atoms with E-state index < -0.39 is 0 Å². The third-order valence-corrected chi connectivity index (χ3v) is 4.40. The van der Waals surface area contributed by atoms with E-state index in [1.54, 1.807) is 0 Å². The van der Waals surface area contributed by atoms with Crippen molar-refractivity contribution in [1.29, 1.82) is 0 Å². The van der Waals surface area contributed by atoms with Gasteiger partial charge in [0.25, 0.3) is 5.91 Å². The van der Waals surface area contributed by atoms with Gasteiger partial charge in [0.1, 0.15) is 0 Å². The molecule has 1 fully saturated rings. The number of nitrogens with zero attached hydrogens (tertiary/aromatic N) is 1. The molecule has 0 unspecified atom stereocenters. The van der Waals surface area contributed by atoms with Crippen molar-refractivity contribution in [1.82, 2.24) is 10.2 Å². The lowest BCUT2D eigenvalue weighted by Gasteiger charge is -2.14. The predicted octanol–water partition coefficient (Wildman–Crippen LogP) is 3.10. The predicted molar refractivity (Wildman–Crippen MR) is 96.1 cm³/mol. The fourth-order valence-corrected chi connectivity index (χ4v) is 3.14. The standard InChI is InChI=1S/C19H25N3O/c1-2-20-18-8-7-15-13-17(6-5-16(15)14-18)19(23)21-9-12-22-10-3-4-11-22/h5-8,13-14,20H,2-4,9-12H2,1H3,(H,21,23). The molecule has 0 radical (unpaired) electrons. The Morgan fingerprint density at radius 1 is 1.09 bits per heavy atom. The Bertz CT molecular complexity index is 677. The second-order valence-corrected chi connectivity index (χ2v) is 6.11. The summed E-state index contributed by atoms with van der Waals surface area (Å²) in [4.78, 5) is 14.7. The molecule has 4 nitrogen and oxygen atoms in total. The van der Waals surface area contributed by atoms with Gasteiger partial charge in [0.2, 0.25) is 0 Å². The Balaban J connectivity index is 1.62. The van der Waals surface area contributed by atoms with Gasteiger partial charge in [-0.05, 0) is 67.9 Å². The molecule has 2 N–H and O–H groups in total. The summed E-state index contributed by atoms with van der Waals surface area (Å²) in [6.45, 7) is 6.99. The summed E-state index contributed by atoms with van der Waals surface area (Å²) in [5.41, 5.74) is 1.85. The average molecular weight is 311 g/mol. The SMILES string of the molecule is CCNc1ccc2cc(C(=O)NCCN3CCCC3)ccc2c1. The average Bonchev–Trinajstić information content (AvgIpc) is 3.08. The maximum atomic E-state index is 12.3. The van der Waals surface area contributed by atoms with Gasteiger partial charge < -0.3 is 15.5 Å². The largest absolute Gasteiger partial charge is 0.385 e. The van der Waals surface area contributed by atoms with E-state index in [1.807, 2.05) is 18.2 Å².